The van der Waals surface area contributed by atoms with Crippen LogP contribution in [0.25, 0.3) is 0 Å². The molecule has 5 atom stereocenters. The van der Waals surface area contributed by atoms with Gasteiger partial charge in [0.15, 0.2) is 6.29 Å². The van der Waals surface area contributed by atoms with Crippen molar-refractivity contribution in [2.45, 2.75) is 110 Å². The minimum absolute atomic E-state index is 0.306. The molecule has 0 amide bonds. The van der Waals surface area contributed by atoms with Crippen molar-refractivity contribution in [3.05, 3.63) is 0 Å². The van der Waals surface area contributed by atoms with Crippen molar-refractivity contribution in [3.8, 4) is 0 Å². The fourth-order valence-electron chi connectivity index (χ4n) is 3.13. The van der Waals surface area contributed by atoms with E-state index in [0.717, 1.165) is 51.4 Å². The number of ether oxygens (including phenoxy) is 5. The molecular weight excluding hydrogens is 360 g/mol. The second-order valence-electron chi connectivity index (χ2n) is 7.56. The second-order valence-corrected chi connectivity index (χ2v) is 7.56. The summed E-state index contributed by atoms with van der Waals surface area (Å²) in [4.78, 5) is 0. The van der Waals surface area contributed by atoms with Gasteiger partial charge in [0.1, 0.15) is 24.4 Å². The highest BCUT2D eigenvalue weighted by Gasteiger charge is 2.47. The van der Waals surface area contributed by atoms with Crippen molar-refractivity contribution in [2.24, 2.45) is 0 Å². The van der Waals surface area contributed by atoms with Crippen LogP contribution in [0.3, 0.4) is 0 Å². The average molecular weight is 405 g/mol. The van der Waals surface area contributed by atoms with Crippen LogP contribution in [0.5, 0.6) is 0 Å². The number of aliphatic hydroxyl groups is 1. The summed E-state index contributed by atoms with van der Waals surface area (Å²) in [6.45, 7) is 11.5. The van der Waals surface area contributed by atoms with Crippen molar-refractivity contribution in [1.82, 2.24) is 0 Å². The second kappa shape index (κ2) is 16.5. The lowest BCUT2D eigenvalue weighted by Gasteiger charge is -2.44. The Morgan fingerprint density at radius 3 is 1.64 bits per heavy atom. The Morgan fingerprint density at radius 2 is 1.11 bits per heavy atom. The standard InChI is InChI=1S/C22H44O6/c1-5-9-13-24-17-18-19(25-14-10-6-2)20(26-15-11-7-3)21(22(23)28-18)27-16-12-8-4/h18-23H,5-17H2,1-4H3/t18?,19-,20?,21?,22?/m1/s1. The van der Waals surface area contributed by atoms with E-state index in [-0.39, 0.29) is 18.3 Å². The topological polar surface area (TPSA) is 66.4 Å². The molecule has 168 valence electrons. The molecule has 1 N–H and O–H groups in total. The van der Waals surface area contributed by atoms with E-state index in [1.165, 1.54) is 0 Å². The summed E-state index contributed by atoms with van der Waals surface area (Å²) >= 11 is 0. The molecule has 4 unspecified atom stereocenters. The molecule has 6 heteroatoms. The maximum Gasteiger partial charge on any atom is 0.184 e. The quantitative estimate of drug-likeness (QED) is 0.369. The molecule has 0 aromatic heterocycles. The van der Waals surface area contributed by atoms with Gasteiger partial charge in [-0.25, -0.2) is 0 Å². The highest BCUT2D eigenvalue weighted by Crippen LogP contribution is 2.28. The lowest BCUT2D eigenvalue weighted by Crippen LogP contribution is -2.61. The molecule has 1 aliphatic rings. The molecule has 28 heavy (non-hydrogen) atoms. The predicted octanol–water partition coefficient (Wildman–Crippen LogP) is 4.08. The molecule has 1 heterocycles. The smallest absolute Gasteiger partial charge is 0.184 e. The summed E-state index contributed by atoms with van der Waals surface area (Å²) in [7, 11) is 0. The van der Waals surface area contributed by atoms with Crippen molar-refractivity contribution in [3.63, 3.8) is 0 Å². The summed E-state index contributed by atoms with van der Waals surface area (Å²) in [5, 5.41) is 10.6. The first-order chi connectivity index (χ1) is 13.7. The van der Waals surface area contributed by atoms with Gasteiger partial charge in [-0.05, 0) is 25.7 Å². The van der Waals surface area contributed by atoms with Crippen LogP contribution >= 0.6 is 0 Å². The van der Waals surface area contributed by atoms with Gasteiger partial charge in [-0.2, -0.15) is 0 Å². The molecule has 6 nitrogen and oxygen atoms in total. The van der Waals surface area contributed by atoms with Gasteiger partial charge in [0.2, 0.25) is 0 Å². The molecule has 0 spiro atoms. The van der Waals surface area contributed by atoms with E-state index in [9.17, 15) is 5.11 Å². The number of aliphatic hydroxyl groups excluding tert-OH is 1. The maximum absolute atomic E-state index is 10.6. The van der Waals surface area contributed by atoms with Gasteiger partial charge >= 0.3 is 0 Å². The largest absolute Gasteiger partial charge is 0.379 e. The fourth-order valence-corrected chi connectivity index (χ4v) is 3.13. The Morgan fingerprint density at radius 1 is 0.643 bits per heavy atom. The Balaban J connectivity index is 2.84. The van der Waals surface area contributed by atoms with Crippen LogP contribution in [-0.4, -0.2) is 68.8 Å². The molecule has 0 aromatic rings. The first-order valence-electron chi connectivity index (χ1n) is 11.5. The molecule has 0 aromatic carbocycles. The highest BCUT2D eigenvalue weighted by atomic mass is 16.7. The zero-order valence-corrected chi connectivity index (χ0v) is 18.6. The SMILES string of the molecule is CCCCOCC1OC(O)C(OCCCC)C(OCCCC)[C@@H]1OCCCC. The van der Waals surface area contributed by atoms with E-state index in [1.54, 1.807) is 0 Å². The summed E-state index contributed by atoms with van der Waals surface area (Å²) < 4.78 is 30.1. The van der Waals surface area contributed by atoms with Gasteiger partial charge in [0.25, 0.3) is 0 Å². The summed E-state index contributed by atoms with van der Waals surface area (Å²) in [5.74, 6) is 0. The Bertz CT molecular complexity index is 354. The highest BCUT2D eigenvalue weighted by molar-refractivity contribution is 4.92. The van der Waals surface area contributed by atoms with E-state index < -0.39 is 12.4 Å². The third kappa shape index (κ3) is 9.51. The third-order valence-corrected chi connectivity index (χ3v) is 4.96. The van der Waals surface area contributed by atoms with E-state index in [1.807, 2.05) is 0 Å². The zero-order valence-electron chi connectivity index (χ0n) is 18.6. The van der Waals surface area contributed by atoms with Crippen LogP contribution in [-0.2, 0) is 23.7 Å². The lowest BCUT2D eigenvalue weighted by molar-refractivity contribution is -0.312. The molecule has 0 radical (unpaired) electrons. The van der Waals surface area contributed by atoms with Crippen LogP contribution in [0, 0.1) is 0 Å². The van der Waals surface area contributed by atoms with Gasteiger partial charge in [-0.3, -0.25) is 0 Å². The Labute approximate surface area is 172 Å². The van der Waals surface area contributed by atoms with E-state index >= 15 is 0 Å². The molecule has 1 saturated heterocycles. The van der Waals surface area contributed by atoms with Crippen molar-refractivity contribution >= 4 is 0 Å². The van der Waals surface area contributed by atoms with Crippen LogP contribution in [0.4, 0.5) is 0 Å². The summed E-state index contributed by atoms with van der Waals surface area (Å²) in [5.41, 5.74) is 0. The van der Waals surface area contributed by atoms with Crippen LogP contribution < -0.4 is 0 Å². The molecular formula is C22H44O6. The molecule has 0 aliphatic carbocycles. The van der Waals surface area contributed by atoms with Crippen LogP contribution in [0.1, 0.15) is 79.1 Å². The number of unbranched alkanes of at least 4 members (excludes halogenated alkanes) is 4. The minimum atomic E-state index is -1.03. The fraction of sp³-hybridized carbons (Fsp3) is 1.00. The summed E-state index contributed by atoms with van der Waals surface area (Å²) in [6, 6.07) is 0. The first kappa shape index (κ1) is 25.8. The van der Waals surface area contributed by atoms with E-state index in [0.29, 0.717) is 33.0 Å². The summed E-state index contributed by atoms with van der Waals surface area (Å²) in [6.07, 6.45) is 5.53. The average Bonchev–Trinajstić information content (AvgIpc) is 2.69. The van der Waals surface area contributed by atoms with Gasteiger partial charge in [0.05, 0.1) is 6.61 Å². The maximum atomic E-state index is 10.6. The van der Waals surface area contributed by atoms with E-state index in [2.05, 4.69) is 27.7 Å². The number of rotatable bonds is 17. The van der Waals surface area contributed by atoms with Crippen LogP contribution in [0.15, 0.2) is 0 Å². The molecule has 1 aliphatic heterocycles. The van der Waals surface area contributed by atoms with Gasteiger partial charge in [-0.1, -0.05) is 53.4 Å². The first-order valence-corrected chi connectivity index (χ1v) is 11.5. The van der Waals surface area contributed by atoms with Gasteiger partial charge < -0.3 is 28.8 Å². The van der Waals surface area contributed by atoms with E-state index in [4.69, 9.17) is 23.7 Å². The molecule has 0 bridgehead atoms. The monoisotopic (exact) mass is 404 g/mol. The van der Waals surface area contributed by atoms with Gasteiger partial charge in [-0.15, -0.1) is 0 Å². The zero-order chi connectivity index (χ0) is 20.6. The van der Waals surface area contributed by atoms with Crippen LogP contribution in [0.2, 0.25) is 0 Å². The predicted molar refractivity (Wildman–Crippen MR) is 111 cm³/mol. The normalized spacial score (nSPS) is 28.0. The number of hydrogen-bond acceptors (Lipinski definition) is 6. The third-order valence-electron chi connectivity index (χ3n) is 4.96. The van der Waals surface area contributed by atoms with Crippen molar-refractivity contribution in [2.75, 3.05) is 33.0 Å². The molecule has 1 rings (SSSR count). The molecule has 0 saturated carbocycles. The Kier molecular flexibility index (Phi) is 15.2. The van der Waals surface area contributed by atoms with Crippen molar-refractivity contribution < 1.29 is 28.8 Å². The minimum Gasteiger partial charge on any atom is -0.379 e. The Hall–Kier alpha value is -0.240. The van der Waals surface area contributed by atoms with Gasteiger partial charge in [0, 0.05) is 26.4 Å². The molecule has 1 fully saturated rings. The van der Waals surface area contributed by atoms with Crippen molar-refractivity contribution in [1.29, 1.82) is 0 Å². The lowest BCUT2D eigenvalue weighted by atomic mass is 9.98. The number of hydrogen-bond donors (Lipinski definition) is 1.